The molecule has 0 bridgehead atoms. The van der Waals surface area contributed by atoms with Crippen molar-refractivity contribution in [3.8, 4) is 0 Å². The van der Waals surface area contributed by atoms with Crippen molar-refractivity contribution in [1.82, 2.24) is 0 Å². The summed E-state index contributed by atoms with van der Waals surface area (Å²) in [6, 6.07) is 2.44. The Morgan fingerprint density at radius 2 is 1.44 bits per heavy atom. The molecular weight excluding hydrogens is 238 g/mol. The summed E-state index contributed by atoms with van der Waals surface area (Å²) < 4.78 is 31.8. The highest BCUT2D eigenvalue weighted by Gasteiger charge is 2.34. The number of halogens is 2. The van der Waals surface area contributed by atoms with Gasteiger partial charge in [0, 0.05) is 43.9 Å². The molecule has 98 valence electrons. The predicted octanol–water partition coefficient (Wildman–Crippen LogP) is 2.60. The van der Waals surface area contributed by atoms with Crippen LogP contribution in [0.4, 0.5) is 20.2 Å². The monoisotopic (exact) mass is 254 g/mol. The van der Waals surface area contributed by atoms with E-state index in [-0.39, 0.29) is 5.41 Å². The van der Waals surface area contributed by atoms with E-state index in [1.165, 1.54) is 12.1 Å². The summed E-state index contributed by atoms with van der Waals surface area (Å²) in [7, 11) is 0. The minimum Gasteiger partial charge on any atom is -0.383 e. The normalized spacial score (nSPS) is 21.7. The summed E-state index contributed by atoms with van der Waals surface area (Å²) >= 11 is 0. The number of fused-ring (bicyclic) bond motifs is 1. The molecule has 1 aromatic carbocycles. The average molecular weight is 254 g/mol. The molecule has 0 radical (unpaired) electrons. The standard InChI is InChI=1S/C13H16F2N2O/c14-9-5-11-12(6-10(9)15)17-8-13(7-16-11)1-3-18-4-2-13/h5-6,16-17H,1-4,7-8H2. The topological polar surface area (TPSA) is 33.3 Å². The molecule has 3 rings (SSSR count). The van der Waals surface area contributed by atoms with E-state index in [1.807, 2.05) is 0 Å². The highest BCUT2D eigenvalue weighted by molar-refractivity contribution is 5.70. The van der Waals surface area contributed by atoms with Crippen LogP contribution in [-0.2, 0) is 4.74 Å². The van der Waals surface area contributed by atoms with Crippen molar-refractivity contribution < 1.29 is 13.5 Å². The molecule has 1 aromatic rings. The summed E-state index contributed by atoms with van der Waals surface area (Å²) in [6.45, 7) is 3.04. The van der Waals surface area contributed by atoms with Crippen LogP contribution in [0.2, 0.25) is 0 Å². The van der Waals surface area contributed by atoms with Crippen LogP contribution in [-0.4, -0.2) is 26.3 Å². The van der Waals surface area contributed by atoms with E-state index in [1.54, 1.807) is 0 Å². The molecule has 0 amide bonds. The van der Waals surface area contributed by atoms with Gasteiger partial charge in [-0.1, -0.05) is 0 Å². The van der Waals surface area contributed by atoms with Crippen molar-refractivity contribution in [2.45, 2.75) is 12.8 Å². The first-order chi connectivity index (χ1) is 8.69. The quantitative estimate of drug-likeness (QED) is 0.746. The van der Waals surface area contributed by atoms with Gasteiger partial charge in [0.05, 0.1) is 11.4 Å². The van der Waals surface area contributed by atoms with E-state index in [4.69, 9.17) is 4.74 Å². The number of benzene rings is 1. The van der Waals surface area contributed by atoms with Gasteiger partial charge in [-0.05, 0) is 12.8 Å². The highest BCUT2D eigenvalue weighted by atomic mass is 19.2. The molecule has 0 unspecified atom stereocenters. The molecule has 1 saturated heterocycles. The molecule has 0 aromatic heterocycles. The summed E-state index contributed by atoms with van der Waals surface area (Å²) in [5.74, 6) is -1.63. The minimum atomic E-state index is -0.814. The van der Waals surface area contributed by atoms with Gasteiger partial charge < -0.3 is 15.4 Å². The maximum atomic E-state index is 13.2. The number of hydrogen-bond donors (Lipinski definition) is 2. The van der Waals surface area contributed by atoms with Crippen LogP contribution in [0.15, 0.2) is 12.1 Å². The lowest BCUT2D eigenvalue weighted by Crippen LogP contribution is -2.40. The Hall–Kier alpha value is -1.36. The molecule has 2 aliphatic rings. The summed E-state index contributed by atoms with van der Waals surface area (Å²) in [4.78, 5) is 0. The Morgan fingerprint density at radius 3 is 1.94 bits per heavy atom. The van der Waals surface area contributed by atoms with Crippen LogP contribution in [0.1, 0.15) is 12.8 Å². The fraction of sp³-hybridized carbons (Fsp3) is 0.538. The van der Waals surface area contributed by atoms with E-state index in [9.17, 15) is 8.78 Å². The van der Waals surface area contributed by atoms with Crippen LogP contribution < -0.4 is 10.6 Å². The smallest absolute Gasteiger partial charge is 0.161 e. The molecule has 5 heteroatoms. The third-order valence-corrected chi connectivity index (χ3v) is 3.92. The molecule has 2 heterocycles. The fourth-order valence-electron chi connectivity index (χ4n) is 2.63. The molecule has 0 saturated carbocycles. The summed E-state index contributed by atoms with van der Waals surface area (Å²) in [5.41, 5.74) is 1.39. The van der Waals surface area contributed by atoms with Gasteiger partial charge in [0.1, 0.15) is 0 Å². The van der Waals surface area contributed by atoms with Crippen LogP contribution in [0.5, 0.6) is 0 Å². The van der Waals surface area contributed by atoms with Crippen molar-refractivity contribution in [2.75, 3.05) is 36.9 Å². The Morgan fingerprint density at radius 1 is 0.944 bits per heavy atom. The van der Waals surface area contributed by atoms with E-state index in [0.717, 1.165) is 39.1 Å². The molecule has 0 aliphatic carbocycles. The van der Waals surface area contributed by atoms with Crippen molar-refractivity contribution in [2.24, 2.45) is 5.41 Å². The zero-order chi connectivity index (χ0) is 12.6. The van der Waals surface area contributed by atoms with Crippen LogP contribution >= 0.6 is 0 Å². The van der Waals surface area contributed by atoms with E-state index in [2.05, 4.69) is 10.6 Å². The lowest BCUT2D eigenvalue weighted by molar-refractivity contribution is 0.0276. The van der Waals surface area contributed by atoms with Crippen LogP contribution in [0.25, 0.3) is 0 Å². The summed E-state index contributed by atoms with van der Waals surface area (Å²) in [6.07, 6.45) is 1.93. The first-order valence-electron chi connectivity index (χ1n) is 6.23. The highest BCUT2D eigenvalue weighted by Crippen LogP contribution is 2.36. The lowest BCUT2D eigenvalue weighted by atomic mass is 9.80. The first-order valence-corrected chi connectivity index (χ1v) is 6.23. The second-order valence-corrected chi connectivity index (χ2v) is 5.13. The lowest BCUT2D eigenvalue weighted by Gasteiger charge is -2.36. The van der Waals surface area contributed by atoms with Gasteiger partial charge in [-0.3, -0.25) is 0 Å². The maximum Gasteiger partial charge on any atom is 0.161 e. The van der Waals surface area contributed by atoms with Crippen LogP contribution in [0, 0.1) is 17.0 Å². The molecule has 3 nitrogen and oxygen atoms in total. The third kappa shape index (κ3) is 2.03. The van der Waals surface area contributed by atoms with E-state index < -0.39 is 11.6 Å². The molecule has 2 aliphatic heterocycles. The minimum absolute atomic E-state index is 0.115. The third-order valence-electron chi connectivity index (χ3n) is 3.92. The Kier molecular flexibility index (Phi) is 2.86. The molecule has 0 atom stereocenters. The van der Waals surface area contributed by atoms with E-state index >= 15 is 0 Å². The summed E-state index contributed by atoms with van der Waals surface area (Å²) in [5, 5.41) is 6.46. The second-order valence-electron chi connectivity index (χ2n) is 5.13. The van der Waals surface area contributed by atoms with Gasteiger partial charge >= 0.3 is 0 Å². The maximum absolute atomic E-state index is 13.2. The molecule has 1 spiro atoms. The zero-order valence-electron chi connectivity index (χ0n) is 10.1. The number of hydrogen-bond acceptors (Lipinski definition) is 3. The number of ether oxygens (including phenoxy) is 1. The van der Waals surface area contributed by atoms with Crippen LogP contribution in [0.3, 0.4) is 0 Å². The van der Waals surface area contributed by atoms with Gasteiger partial charge in [-0.25, -0.2) is 8.78 Å². The first kappa shape index (κ1) is 11.7. The van der Waals surface area contributed by atoms with Crippen molar-refractivity contribution in [1.29, 1.82) is 0 Å². The fourth-order valence-corrected chi connectivity index (χ4v) is 2.63. The van der Waals surface area contributed by atoms with Gasteiger partial charge in [-0.2, -0.15) is 0 Å². The molecule has 1 fully saturated rings. The van der Waals surface area contributed by atoms with Crippen molar-refractivity contribution in [3.05, 3.63) is 23.8 Å². The number of rotatable bonds is 0. The predicted molar refractivity (Wildman–Crippen MR) is 65.8 cm³/mol. The molecular formula is C13H16F2N2O. The number of anilines is 2. The zero-order valence-corrected chi connectivity index (χ0v) is 10.1. The van der Waals surface area contributed by atoms with Gasteiger partial charge in [0.15, 0.2) is 11.6 Å². The molecule has 18 heavy (non-hydrogen) atoms. The SMILES string of the molecule is Fc1cc2c(cc1F)NCC1(CCOCC1)CN2. The van der Waals surface area contributed by atoms with Gasteiger partial charge in [-0.15, -0.1) is 0 Å². The van der Waals surface area contributed by atoms with Gasteiger partial charge in [0.25, 0.3) is 0 Å². The Labute approximate surface area is 105 Å². The number of nitrogens with one attached hydrogen (secondary N) is 2. The molecule has 2 N–H and O–H groups in total. The largest absolute Gasteiger partial charge is 0.383 e. The van der Waals surface area contributed by atoms with Crippen molar-refractivity contribution in [3.63, 3.8) is 0 Å². The second kappa shape index (κ2) is 4.39. The Bertz CT molecular complexity index is 424. The Balaban J connectivity index is 1.85. The van der Waals surface area contributed by atoms with Gasteiger partial charge in [0.2, 0.25) is 0 Å². The average Bonchev–Trinajstić information content (AvgIpc) is 2.54. The van der Waals surface area contributed by atoms with E-state index in [0.29, 0.717) is 11.4 Å². The van der Waals surface area contributed by atoms with Crippen molar-refractivity contribution >= 4 is 11.4 Å².